The molecule has 0 rings (SSSR count). The van der Waals surface area contributed by atoms with Crippen LogP contribution < -0.4 is 0 Å². The van der Waals surface area contributed by atoms with Crippen LogP contribution in [0.25, 0.3) is 0 Å². The van der Waals surface area contributed by atoms with E-state index in [-0.39, 0.29) is 0 Å². The molecule has 0 aliphatic rings. The van der Waals surface area contributed by atoms with Crippen LogP contribution in [0.2, 0.25) is 0 Å². The van der Waals surface area contributed by atoms with E-state index in [1.165, 1.54) is 0 Å². The summed E-state index contributed by atoms with van der Waals surface area (Å²) in [5.41, 5.74) is 0.870. The molecule has 0 amide bonds. The first-order chi connectivity index (χ1) is 4.16. The smallest absolute Gasteiger partial charge is 0.0365 e. The summed E-state index contributed by atoms with van der Waals surface area (Å²) in [6.07, 6.45) is 3.60. The van der Waals surface area contributed by atoms with Crippen LogP contribution in [0.15, 0.2) is 27.9 Å². The topological polar surface area (TPSA) is 12.4 Å². The van der Waals surface area contributed by atoms with E-state index in [9.17, 15) is 0 Å². The minimum Gasteiger partial charge on any atom is -0.269 e. The van der Waals surface area contributed by atoms with Gasteiger partial charge in [-0.3, -0.25) is 4.99 Å². The fraction of sp³-hybridized carbons (Fsp3) is 0.286. The minimum atomic E-state index is 0.748. The van der Waals surface area contributed by atoms with Crippen molar-refractivity contribution in [3.63, 3.8) is 0 Å². The molecule has 0 saturated heterocycles. The molecule has 0 unspecified atom stereocenters. The molecule has 0 aromatic rings. The van der Waals surface area contributed by atoms with E-state index in [4.69, 9.17) is 11.6 Å². The van der Waals surface area contributed by atoms with Crippen molar-refractivity contribution >= 4 is 18.3 Å². The predicted octanol–water partition coefficient (Wildman–Crippen LogP) is 2.73. The van der Waals surface area contributed by atoms with Crippen molar-refractivity contribution in [2.75, 3.05) is 0 Å². The second-order valence-corrected chi connectivity index (χ2v) is 2.32. The van der Waals surface area contributed by atoms with Gasteiger partial charge < -0.3 is 0 Å². The van der Waals surface area contributed by atoms with Crippen LogP contribution in [0.4, 0.5) is 0 Å². The molecule has 0 atom stereocenters. The zero-order valence-electron chi connectivity index (χ0n) is 5.69. The fourth-order valence-corrected chi connectivity index (χ4v) is 0.351. The van der Waals surface area contributed by atoms with Crippen LogP contribution in [0.1, 0.15) is 13.8 Å². The van der Waals surface area contributed by atoms with Gasteiger partial charge in [0.25, 0.3) is 0 Å². The number of halogens is 1. The van der Waals surface area contributed by atoms with Crippen molar-refractivity contribution < 1.29 is 0 Å². The molecule has 0 radical (unpaired) electrons. The van der Waals surface area contributed by atoms with Crippen LogP contribution >= 0.6 is 11.6 Å². The number of hydrogen-bond donors (Lipinski definition) is 0. The maximum Gasteiger partial charge on any atom is 0.0365 e. The highest BCUT2D eigenvalue weighted by atomic mass is 35.5. The van der Waals surface area contributed by atoms with E-state index in [2.05, 4.69) is 11.7 Å². The van der Waals surface area contributed by atoms with Crippen molar-refractivity contribution in [1.29, 1.82) is 0 Å². The third-order valence-electron chi connectivity index (χ3n) is 0.804. The van der Waals surface area contributed by atoms with E-state index in [1.54, 1.807) is 6.08 Å². The first-order valence-electron chi connectivity index (χ1n) is 2.64. The molecule has 0 heterocycles. The monoisotopic (exact) mass is 143 g/mol. The highest BCUT2D eigenvalue weighted by Crippen LogP contribution is 2.00. The van der Waals surface area contributed by atoms with Gasteiger partial charge >= 0.3 is 0 Å². The van der Waals surface area contributed by atoms with Crippen LogP contribution in [0.5, 0.6) is 0 Å². The van der Waals surface area contributed by atoms with Crippen molar-refractivity contribution in [2.24, 2.45) is 4.99 Å². The first-order valence-corrected chi connectivity index (χ1v) is 3.02. The van der Waals surface area contributed by atoms with Crippen molar-refractivity contribution in [3.05, 3.63) is 22.9 Å². The summed E-state index contributed by atoms with van der Waals surface area (Å²) in [5.74, 6) is 0. The number of hydrogen-bond acceptors (Lipinski definition) is 1. The van der Waals surface area contributed by atoms with Gasteiger partial charge in [0.15, 0.2) is 0 Å². The van der Waals surface area contributed by atoms with E-state index in [0.717, 1.165) is 10.7 Å². The molecule has 1 nitrogen and oxygen atoms in total. The van der Waals surface area contributed by atoms with Gasteiger partial charge in [0, 0.05) is 10.7 Å². The molecule has 0 spiro atoms. The first kappa shape index (κ1) is 8.44. The summed E-state index contributed by atoms with van der Waals surface area (Å²) in [6, 6.07) is 0. The number of aliphatic imine (C=N–C) groups is 1. The summed E-state index contributed by atoms with van der Waals surface area (Å²) in [7, 11) is 0. The SMILES string of the molecule is C=N/C(C)=C\C=C(/C)Cl. The molecule has 9 heavy (non-hydrogen) atoms. The molecular weight excluding hydrogens is 134 g/mol. The Bertz CT molecular complexity index is 152. The Morgan fingerprint density at radius 3 is 2.33 bits per heavy atom. The average Bonchev–Trinajstić information content (AvgIpc) is 1.83. The van der Waals surface area contributed by atoms with E-state index < -0.39 is 0 Å². The van der Waals surface area contributed by atoms with Gasteiger partial charge in [0.2, 0.25) is 0 Å². The number of nitrogens with zero attached hydrogens (tertiary/aromatic N) is 1. The highest BCUT2D eigenvalue weighted by Gasteiger charge is 1.77. The van der Waals surface area contributed by atoms with Gasteiger partial charge in [-0.05, 0) is 32.7 Å². The predicted molar refractivity (Wildman–Crippen MR) is 42.9 cm³/mol. The Kier molecular flexibility index (Phi) is 4.06. The molecule has 50 valence electrons. The Morgan fingerprint density at radius 1 is 1.44 bits per heavy atom. The zero-order valence-corrected chi connectivity index (χ0v) is 6.44. The lowest BCUT2D eigenvalue weighted by Gasteiger charge is -1.84. The lowest BCUT2D eigenvalue weighted by molar-refractivity contribution is 1.32. The normalized spacial score (nSPS) is 13.7. The molecule has 2 heteroatoms. The minimum absolute atomic E-state index is 0.748. The summed E-state index contributed by atoms with van der Waals surface area (Å²) in [6.45, 7) is 7.03. The Hall–Kier alpha value is -0.560. The maximum absolute atomic E-state index is 5.53. The largest absolute Gasteiger partial charge is 0.269 e. The van der Waals surface area contributed by atoms with Gasteiger partial charge in [-0.15, -0.1) is 0 Å². The van der Waals surface area contributed by atoms with Gasteiger partial charge in [-0.25, -0.2) is 0 Å². The van der Waals surface area contributed by atoms with Crippen LogP contribution in [-0.2, 0) is 0 Å². The molecule has 0 aromatic carbocycles. The van der Waals surface area contributed by atoms with Crippen molar-refractivity contribution in [1.82, 2.24) is 0 Å². The summed E-state index contributed by atoms with van der Waals surface area (Å²) in [5, 5.41) is 0.748. The van der Waals surface area contributed by atoms with Gasteiger partial charge in [0.1, 0.15) is 0 Å². The molecular formula is C7H10ClN. The Morgan fingerprint density at radius 2 is 2.00 bits per heavy atom. The molecule has 0 bridgehead atoms. The van der Waals surface area contributed by atoms with Crippen LogP contribution in [0.3, 0.4) is 0 Å². The molecule has 0 aliphatic heterocycles. The van der Waals surface area contributed by atoms with Crippen LogP contribution in [0, 0.1) is 0 Å². The second kappa shape index (κ2) is 4.33. The summed E-state index contributed by atoms with van der Waals surface area (Å²) >= 11 is 5.53. The van der Waals surface area contributed by atoms with Crippen LogP contribution in [-0.4, -0.2) is 6.72 Å². The molecule has 0 fully saturated rings. The van der Waals surface area contributed by atoms with Gasteiger partial charge in [-0.2, -0.15) is 0 Å². The molecule has 0 saturated carbocycles. The van der Waals surface area contributed by atoms with E-state index >= 15 is 0 Å². The van der Waals surface area contributed by atoms with Crippen molar-refractivity contribution in [2.45, 2.75) is 13.8 Å². The van der Waals surface area contributed by atoms with Crippen molar-refractivity contribution in [3.8, 4) is 0 Å². The maximum atomic E-state index is 5.53. The lowest BCUT2D eigenvalue weighted by Crippen LogP contribution is -1.63. The molecule has 0 aliphatic carbocycles. The summed E-state index contributed by atoms with van der Waals surface area (Å²) < 4.78 is 0. The summed E-state index contributed by atoms with van der Waals surface area (Å²) in [4.78, 5) is 3.67. The third-order valence-corrected chi connectivity index (χ3v) is 0.930. The average molecular weight is 144 g/mol. The lowest BCUT2D eigenvalue weighted by atomic mass is 10.4. The van der Waals surface area contributed by atoms with E-state index in [0.29, 0.717) is 0 Å². The second-order valence-electron chi connectivity index (χ2n) is 1.72. The Balaban J connectivity index is 3.98. The molecule has 0 N–H and O–H groups in total. The number of rotatable bonds is 2. The fourth-order valence-electron chi connectivity index (χ4n) is 0.288. The van der Waals surface area contributed by atoms with Gasteiger partial charge in [0.05, 0.1) is 0 Å². The third kappa shape index (κ3) is 5.31. The molecule has 0 aromatic heterocycles. The quantitative estimate of drug-likeness (QED) is 0.417. The Labute approximate surface area is 60.7 Å². The van der Waals surface area contributed by atoms with Gasteiger partial charge in [-0.1, -0.05) is 11.6 Å². The highest BCUT2D eigenvalue weighted by molar-refractivity contribution is 6.29. The zero-order chi connectivity index (χ0) is 7.28. The standard InChI is InChI=1S/C7H10ClN/c1-6(8)4-5-7(2)9-3/h4-5H,3H2,1-2H3/b6-4+,7-5-. The van der Waals surface area contributed by atoms with E-state index in [1.807, 2.05) is 19.9 Å². The number of allylic oxidation sites excluding steroid dienone is 4.